The van der Waals surface area contributed by atoms with E-state index in [1.165, 1.54) is 12.8 Å². The van der Waals surface area contributed by atoms with Gasteiger partial charge in [-0.3, -0.25) is 9.59 Å². The van der Waals surface area contributed by atoms with Crippen LogP contribution in [0.3, 0.4) is 0 Å². The Labute approximate surface area is 278 Å². The molecule has 0 bridgehead atoms. The second-order valence-corrected chi connectivity index (χ2v) is 13.7. The molecule has 0 spiro atoms. The predicted molar refractivity (Wildman–Crippen MR) is 200 cm³/mol. The van der Waals surface area contributed by atoms with Gasteiger partial charge >= 0.3 is 0 Å². The van der Waals surface area contributed by atoms with Crippen molar-refractivity contribution in [2.75, 3.05) is 18.1 Å². The van der Waals surface area contributed by atoms with Crippen LogP contribution in [0.25, 0.3) is 0 Å². The highest BCUT2D eigenvalue weighted by Gasteiger charge is 2.34. The molecule has 1 rings (SSSR count). The Bertz CT molecular complexity index is 696. The van der Waals surface area contributed by atoms with E-state index in [4.69, 9.17) is 4.74 Å². The molecule has 43 heavy (non-hydrogen) atoms. The molecule has 1 aliphatic rings. The number of rotatable bonds is 19. The fourth-order valence-electron chi connectivity index (χ4n) is 3.77. The van der Waals surface area contributed by atoms with E-state index in [0.29, 0.717) is 48.5 Å². The highest BCUT2D eigenvalue weighted by atomic mass is 32.2. The Hall–Kier alpha value is -0.760. The van der Waals surface area contributed by atoms with Crippen LogP contribution in [0, 0.1) is 5.41 Å². The summed E-state index contributed by atoms with van der Waals surface area (Å²) in [5, 5.41) is 8.01. The number of thioether (sulfide) groups is 2. The maximum absolute atomic E-state index is 13.0. The summed E-state index contributed by atoms with van der Waals surface area (Å²) in [5.41, 5.74) is -1.07. The average Bonchev–Trinajstić information content (AvgIpc) is 2.98. The molecule has 4 atom stereocenters. The molecule has 0 aromatic rings. The smallest absolute Gasteiger partial charge is 0.226 e. The van der Waals surface area contributed by atoms with Crippen LogP contribution in [-0.2, 0) is 14.3 Å². The van der Waals surface area contributed by atoms with Gasteiger partial charge in [0.05, 0.1) is 11.6 Å². The van der Waals surface area contributed by atoms with Gasteiger partial charge < -0.3 is 15.4 Å². The topological polar surface area (TPSA) is 67.4 Å². The van der Waals surface area contributed by atoms with Gasteiger partial charge in [-0.05, 0) is 33.1 Å². The Morgan fingerprint density at radius 3 is 1.67 bits per heavy atom. The standard InChI is InChI=1S/C28H50N2O3S2.4C2H6/c1-10-21(29-20(4)5)18-34-24-13-14-25(24)35-19-22(11-2)30-26(32)27(6,7)15-16-33-28(8,9)17-23(31)12-3;4*1-2/h10-11,20-22,24-25,29H,1-2,12-19H2,3-9H3,(H,30,32);4*1-2H3. The van der Waals surface area contributed by atoms with Gasteiger partial charge in [0, 0.05) is 59.0 Å². The second kappa shape index (κ2) is 29.9. The number of Topliss-reactive ketones (excluding diaryl/α,β-unsaturated/α-hetero) is 1. The number of amides is 1. The van der Waals surface area contributed by atoms with E-state index in [1.807, 2.05) is 126 Å². The minimum Gasteiger partial charge on any atom is -0.375 e. The van der Waals surface area contributed by atoms with Crippen LogP contribution in [0.4, 0.5) is 0 Å². The Morgan fingerprint density at radius 1 is 0.860 bits per heavy atom. The molecule has 1 amide bonds. The first-order chi connectivity index (χ1) is 20.3. The van der Waals surface area contributed by atoms with Gasteiger partial charge in [-0.25, -0.2) is 0 Å². The SMILES string of the molecule is C=CC(CSC1CCC1SCC(C=C)NC(C)C)NC(=O)C(C)(C)CCOC(C)(C)CC(=O)CC.CC.CC.CC.CC. The zero-order valence-electron chi connectivity index (χ0n) is 31.2. The van der Waals surface area contributed by atoms with Crippen molar-refractivity contribution in [1.29, 1.82) is 0 Å². The Balaban J connectivity index is -0.000000872. The fraction of sp³-hybridized carbons (Fsp3) is 0.833. The maximum Gasteiger partial charge on any atom is 0.226 e. The summed E-state index contributed by atoms with van der Waals surface area (Å²) in [5.74, 6) is 2.09. The van der Waals surface area contributed by atoms with E-state index < -0.39 is 11.0 Å². The first-order valence-electron chi connectivity index (χ1n) is 17.0. The third-order valence-corrected chi connectivity index (χ3v) is 9.67. The van der Waals surface area contributed by atoms with E-state index in [1.54, 1.807) is 0 Å². The number of hydrogen-bond donors (Lipinski definition) is 2. The molecule has 1 fully saturated rings. The third kappa shape index (κ3) is 24.2. The zero-order valence-corrected chi connectivity index (χ0v) is 32.8. The summed E-state index contributed by atoms with van der Waals surface area (Å²) in [6.07, 6.45) is 7.85. The molecule has 5 nitrogen and oxygen atoms in total. The molecule has 4 unspecified atom stereocenters. The monoisotopic (exact) mass is 647 g/mol. The summed E-state index contributed by atoms with van der Waals surface area (Å²) >= 11 is 3.99. The van der Waals surface area contributed by atoms with Crippen molar-refractivity contribution >= 4 is 35.2 Å². The Morgan fingerprint density at radius 2 is 1.30 bits per heavy atom. The van der Waals surface area contributed by atoms with Crippen LogP contribution in [0.15, 0.2) is 25.3 Å². The lowest BCUT2D eigenvalue weighted by molar-refractivity contribution is -0.133. The van der Waals surface area contributed by atoms with Gasteiger partial charge in [-0.15, -0.1) is 13.2 Å². The van der Waals surface area contributed by atoms with Crippen molar-refractivity contribution in [3.05, 3.63) is 25.3 Å². The molecule has 1 aliphatic carbocycles. The number of ketones is 1. The molecule has 2 N–H and O–H groups in total. The van der Waals surface area contributed by atoms with Gasteiger partial charge in [0.25, 0.3) is 0 Å². The van der Waals surface area contributed by atoms with Crippen molar-refractivity contribution < 1.29 is 14.3 Å². The molecule has 0 aliphatic heterocycles. The third-order valence-electron chi connectivity index (χ3n) is 6.41. The first kappa shape index (κ1) is 49.1. The van der Waals surface area contributed by atoms with E-state index in [-0.39, 0.29) is 17.7 Å². The molecule has 0 radical (unpaired) electrons. The highest BCUT2D eigenvalue weighted by molar-refractivity contribution is 8.04. The summed E-state index contributed by atoms with van der Waals surface area (Å²) in [6, 6.07) is 0.742. The van der Waals surface area contributed by atoms with E-state index in [9.17, 15) is 9.59 Å². The lowest BCUT2D eigenvalue weighted by atomic mass is 9.88. The molecule has 0 saturated heterocycles. The van der Waals surface area contributed by atoms with Gasteiger partial charge in [0.15, 0.2) is 0 Å². The van der Waals surface area contributed by atoms with Crippen molar-refractivity contribution in [3.63, 3.8) is 0 Å². The number of carbonyl (C=O) groups is 2. The molecule has 0 heterocycles. The summed E-state index contributed by atoms with van der Waals surface area (Å²) < 4.78 is 5.96. The van der Waals surface area contributed by atoms with Gasteiger partial charge in [-0.2, -0.15) is 23.5 Å². The summed E-state index contributed by atoms with van der Waals surface area (Å²) in [6.45, 7) is 38.3. The van der Waals surface area contributed by atoms with Crippen LogP contribution in [0.2, 0.25) is 0 Å². The zero-order chi connectivity index (χ0) is 34.6. The maximum atomic E-state index is 13.0. The molecule has 1 saturated carbocycles. The van der Waals surface area contributed by atoms with E-state index >= 15 is 0 Å². The van der Waals surface area contributed by atoms with Gasteiger partial charge in [-0.1, -0.05) is 102 Å². The van der Waals surface area contributed by atoms with Crippen LogP contribution in [0.5, 0.6) is 0 Å². The van der Waals surface area contributed by atoms with Crippen molar-refractivity contribution in [2.45, 2.75) is 170 Å². The molecule has 0 aromatic heterocycles. The lowest BCUT2D eigenvalue weighted by Crippen LogP contribution is -2.45. The second-order valence-electron chi connectivity index (χ2n) is 11.1. The predicted octanol–water partition coefficient (Wildman–Crippen LogP) is 9.89. The molecule has 258 valence electrons. The molecule has 0 aromatic carbocycles. The minimum absolute atomic E-state index is 0.0159. The molecule has 7 heteroatoms. The van der Waals surface area contributed by atoms with Crippen molar-refractivity contribution in [2.24, 2.45) is 5.41 Å². The number of ether oxygens (including phenoxy) is 1. The summed E-state index contributed by atoms with van der Waals surface area (Å²) in [7, 11) is 0. The van der Waals surface area contributed by atoms with Gasteiger partial charge in [0.2, 0.25) is 5.91 Å². The fourth-order valence-corrected chi connectivity index (χ4v) is 6.91. The summed E-state index contributed by atoms with van der Waals surface area (Å²) in [4.78, 5) is 24.8. The highest BCUT2D eigenvalue weighted by Crippen LogP contribution is 2.40. The first-order valence-corrected chi connectivity index (χ1v) is 19.1. The number of hydrogen-bond acceptors (Lipinski definition) is 6. The number of nitrogens with one attached hydrogen (secondary N) is 2. The Kier molecular flexibility index (Phi) is 34.2. The van der Waals surface area contributed by atoms with E-state index in [0.717, 1.165) is 11.5 Å². The minimum atomic E-state index is -0.561. The normalized spacial score (nSPS) is 16.9. The van der Waals surface area contributed by atoms with Crippen molar-refractivity contribution in [3.8, 4) is 0 Å². The quantitative estimate of drug-likeness (QED) is 0.136. The number of carbonyl (C=O) groups excluding carboxylic acids is 2. The molecular formula is C36H74N2O3S2. The van der Waals surface area contributed by atoms with Gasteiger partial charge in [0.1, 0.15) is 5.78 Å². The van der Waals surface area contributed by atoms with Crippen LogP contribution in [-0.4, -0.2) is 64.0 Å². The molecular weight excluding hydrogens is 573 g/mol. The lowest BCUT2D eigenvalue weighted by Gasteiger charge is -2.37. The van der Waals surface area contributed by atoms with Crippen LogP contribution in [0.1, 0.15) is 136 Å². The van der Waals surface area contributed by atoms with Crippen molar-refractivity contribution in [1.82, 2.24) is 10.6 Å². The average molecular weight is 647 g/mol. The van der Waals surface area contributed by atoms with Crippen LogP contribution >= 0.6 is 23.5 Å². The van der Waals surface area contributed by atoms with Crippen LogP contribution < -0.4 is 10.6 Å². The van der Waals surface area contributed by atoms with E-state index in [2.05, 4.69) is 37.6 Å². The largest absolute Gasteiger partial charge is 0.375 e.